The van der Waals surface area contributed by atoms with E-state index in [2.05, 4.69) is 5.32 Å². The fourth-order valence-corrected chi connectivity index (χ4v) is 3.16. The van der Waals surface area contributed by atoms with Crippen molar-refractivity contribution < 1.29 is 23.8 Å². The van der Waals surface area contributed by atoms with Crippen molar-refractivity contribution in [1.29, 1.82) is 0 Å². The van der Waals surface area contributed by atoms with E-state index in [-0.39, 0.29) is 24.7 Å². The van der Waals surface area contributed by atoms with Crippen LogP contribution in [0.3, 0.4) is 0 Å². The van der Waals surface area contributed by atoms with Crippen LogP contribution < -0.4 is 14.8 Å². The fraction of sp³-hybridized carbons (Fsp3) is 0.333. The number of carbonyl (C=O) groups excluding carboxylic acids is 2. The number of benzene rings is 1. The second-order valence-corrected chi connectivity index (χ2v) is 6.25. The van der Waals surface area contributed by atoms with Gasteiger partial charge in [0, 0.05) is 16.5 Å². The lowest BCUT2D eigenvalue weighted by atomic mass is 10.1. The predicted octanol–water partition coefficient (Wildman–Crippen LogP) is 2.73. The molecule has 1 aromatic heterocycles. The first-order valence-corrected chi connectivity index (χ1v) is 8.55. The zero-order valence-electron chi connectivity index (χ0n) is 14.4. The first kappa shape index (κ1) is 18.8. The van der Waals surface area contributed by atoms with Gasteiger partial charge in [0.15, 0.2) is 0 Å². The summed E-state index contributed by atoms with van der Waals surface area (Å²) in [6, 6.07) is 8.64. The lowest BCUT2D eigenvalue weighted by Gasteiger charge is -2.17. The minimum Gasteiger partial charge on any atom is -0.497 e. The van der Waals surface area contributed by atoms with Gasteiger partial charge >= 0.3 is 5.97 Å². The Balaban J connectivity index is 2.09. The summed E-state index contributed by atoms with van der Waals surface area (Å²) in [5, 5.41) is 4.80. The van der Waals surface area contributed by atoms with Gasteiger partial charge in [-0.15, -0.1) is 11.3 Å². The molecule has 1 unspecified atom stereocenters. The van der Waals surface area contributed by atoms with Crippen molar-refractivity contribution in [3.05, 3.63) is 46.2 Å². The van der Waals surface area contributed by atoms with Crippen molar-refractivity contribution in [3.8, 4) is 11.5 Å². The van der Waals surface area contributed by atoms with Crippen LogP contribution in [0.2, 0.25) is 0 Å². The number of methoxy groups -OCH3 is 3. The topological polar surface area (TPSA) is 73.9 Å². The molecule has 6 nitrogen and oxygen atoms in total. The standard InChI is InChI=1S/C18H21NO5S/c1-22-13-7-6-12(15(10-13)23-2)9-17(20)19-14(11-18(21)24-3)16-5-4-8-25-16/h4-8,10,14H,9,11H2,1-3H3,(H,19,20). The molecule has 0 aliphatic rings. The average Bonchev–Trinajstić information content (AvgIpc) is 3.15. The summed E-state index contributed by atoms with van der Waals surface area (Å²) in [6.07, 6.45) is 0.221. The summed E-state index contributed by atoms with van der Waals surface area (Å²) >= 11 is 1.48. The van der Waals surface area contributed by atoms with E-state index in [9.17, 15) is 9.59 Å². The van der Waals surface area contributed by atoms with E-state index in [1.54, 1.807) is 32.4 Å². The molecule has 0 saturated carbocycles. The first-order chi connectivity index (χ1) is 12.1. The summed E-state index contributed by atoms with van der Waals surface area (Å²) in [4.78, 5) is 25.0. The van der Waals surface area contributed by atoms with Crippen molar-refractivity contribution in [2.24, 2.45) is 0 Å². The van der Waals surface area contributed by atoms with Gasteiger partial charge in [0.2, 0.25) is 5.91 Å². The Kier molecular flexibility index (Phi) is 6.82. The number of ether oxygens (including phenoxy) is 3. The van der Waals surface area contributed by atoms with Crippen molar-refractivity contribution in [1.82, 2.24) is 5.32 Å². The summed E-state index contributed by atoms with van der Waals surface area (Å²) in [7, 11) is 4.44. The molecule has 0 spiro atoms. The number of nitrogens with one attached hydrogen (secondary N) is 1. The van der Waals surface area contributed by atoms with E-state index in [0.717, 1.165) is 10.4 Å². The zero-order valence-corrected chi connectivity index (χ0v) is 15.2. The third-order valence-corrected chi connectivity index (χ3v) is 4.65. The molecular weight excluding hydrogens is 342 g/mol. The van der Waals surface area contributed by atoms with E-state index in [1.807, 2.05) is 17.5 Å². The molecule has 134 valence electrons. The van der Waals surface area contributed by atoms with Crippen LogP contribution >= 0.6 is 11.3 Å². The molecule has 25 heavy (non-hydrogen) atoms. The van der Waals surface area contributed by atoms with Gasteiger partial charge in [-0.25, -0.2) is 0 Å². The van der Waals surface area contributed by atoms with E-state index in [0.29, 0.717) is 11.5 Å². The molecule has 0 aliphatic carbocycles. The molecule has 0 bridgehead atoms. The molecule has 0 fully saturated rings. The average molecular weight is 363 g/mol. The summed E-state index contributed by atoms with van der Waals surface area (Å²) in [6.45, 7) is 0. The SMILES string of the molecule is COC(=O)CC(NC(=O)Cc1ccc(OC)cc1OC)c1cccs1. The third kappa shape index (κ3) is 5.22. The van der Waals surface area contributed by atoms with E-state index in [1.165, 1.54) is 18.4 Å². The van der Waals surface area contributed by atoms with Gasteiger partial charge in [-0.1, -0.05) is 12.1 Å². The number of thiophene rings is 1. The van der Waals surface area contributed by atoms with Gasteiger partial charge in [0.25, 0.3) is 0 Å². The third-order valence-electron chi connectivity index (χ3n) is 3.67. The van der Waals surface area contributed by atoms with Gasteiger partial charge in [-0.05, 0) is 17.5 Å². The van der Waals surface area contributed by atoms with Crippen molar-refractivity contribution in [3.63, 3.8) is 0 Å². The molecule has 1 aromatic carbocycles. The van der Waals surface area contributed by atoms with Gasteiger partial charge in [-0.3, -0.25) is 9.59 Å². The molecule has 1 N–H and O–H groups in total. The van der Waals surface area contributed by atoms with Crippen LogP contribution in [0.15, 0.2) is 35.7 Å². The van der Waals surface area contributed by atoms with E-state index in [4.69, 9.17) is 14.2 Å². The van der Waals surface area contributed by atoms with Crippen LogP contribution in [0.5, 0.6) is 11.5 Å². The lowest BCUT2D eigenvalue weighted by molar-refractivity contribution is -0.141. The minimum atomic E-state index is -0.413. The quantitative estimate of drug-likeness (QED) is 0.730. The number of amides is 1. The second kappa shape index (κ2) is 9.08. The summed E-state index contributed by atoms with van der Waals surface area (Å²) in [5.41, 5.74) is 0.740. The first-order valence-electron chi connectivity index (χ1n) is 7.67. The maximum absolute atomic E-state index is 12.5. The molecule has 1 atom stereocenters. The van der Waals surface area contributed by atoms with Gasteiger partial charge in [0.1, 0.15) is 11.5 Å². The Labute approximate surface area is 150 Å². The Bertz CT molecular complexity index is 714. The van der Waals surface area contributed by atoms with Crippen LogP contribution in [0.25, 0.3) is 0 Å². The lowest BCUT2D eigenvalue weighted by Crippen LogP contribution is -2.31. The molecule has 1 heterocycles. The molecule has 2 rings (SSSR count). The smallest absolute Gasteiger partial charge is 0.307 e. The number of carbonyl (C=O) groups is 2. The van der Waals surface area contributed by atoms with Crippen LogP contribution in [0.4, 0.5) is 0 Å². The molecule has 0 radical (unpaired) electrons. The van der Waals surface area contributed by atoms with Crippen LogP contribution in [-0.4, -0.2) is 33.2 Å². The highest BCUT2D eigenvalue weighted by Crippen LogP contribution is 2.26. The Morgan fingerprint density at radius 1 is 1.16 bits per heavy atom. The molecule has 2 aromatic rings. The minimum absolute atomic E-state index is 0.0858. The normalized spacial score (nSPS) is 11.5. The number of rotatable bonds is 8. The van der Waals surface area contributed by atoms with Gasteiger partial charge < -0.3 is 19.5 Å². The van der Waals surface area contributed by atoms with Crippen molar-refractivity contribution >= 4 is 23.2 Å². The maximum atomic E-state index is 12.5. The molecule has 0 aliphatic heterocycles. The van der Waals surface area contributed by atoms with Gasteiger partial charge in [0.05, 0.1) is 40.2 Å². The molecule has 7 heteroatoms. The van der Waals surface area contributed by atoms with Crippen molar-refractivity contribution in [2.75, 3.05) is 21.3 Å². The number of hydrogen-bond acceptors (Lipinski definition) is 6. The fourth-order valence-electron chi connectivity index (χ4n) is 2.38. The monoisotopic (exact) mass is 363 g/mol. The largest absolute Gasteiger partial charge is 0.497 e. The van der Waals surface area contributed by atoms with Crippen LogP contribution in [-0.2, 0) is 20.7 Å². The maximum Gasteiger partial charge on any atom is 0.307 e. The highest BCUT2D eigenvalue weighted by Gasteiger charge is 2.20. The van der Waals surface area contributed by atoms with Crippen LogP contribution in [0.1, 0.15) is 22.9 Å². The summed E-state index contributed by atoms with van der Waals surface area (Å²) in [5.74, 6) is 0.657. The number of esters is 1. The zero-order chi connectivity index (χ0) is 18.2. The molecule has 1 amide bonds. The number of hydrogen-bond donors (Lipinski definition) is 1. The Hall–Kier alpha value is -2.54. The van der Waals surface area contributed by atoms with Gasteiger partial charge in [-0.2, -0.15) is 0 Å². The van der Waals surface area contributed by atoms with Crippen LogP contribution in [0, 0.1) is 0 Å². The second-order valence-electron chi connectivity index (χ2n) is 5.27. The Morgan fingerprint density at radius 2 is 1.96 bits per heavy atom. The van der Waals surface area contributed by atoms with E-state index < -0.39 is 6.04 Å². The highest BCUT2D eigenvalue weighted by atomic mass is 32.1. The summed E-state index contributed by atoms with van der Waals surface area (Å²) < 4.78 is 15.2. The molecular formula is C18H21NO5S. The molecule has 0 saturated heterocycles. The predicted molar refractivity (Wildman–Crippen MR) is 95.1 cm³/mol. The Morgan fingerprint density at radius 3 is 2.56 bits per heavy atom. The van der Waals surface area contributed by atoms with E-state index >= 15 is 0 Å². The highest BCUT2D eigenvalue weighted by molar-refractivity contribution is 7.10. The van der Waals surface area contributed by atoms with Crippen molar-refractivity contribution in [2.45, 2.75) is 18.9 Å².